The van der Waals surface area contributed by atoms with Crippen molar-refractivity contribution in [1.29, 1.82) is 0 Å². The molecule has 1 saturated heterocycles. The molecule has 1 aliphatic heterocycles. The van der Waals surface area contributed by atoms with Gasteiger partial charge in [0, 0.05) is 49.2 Å². The molecule has 0 spiro atoms. The summed E-state index contributed by atoms with van der Waals surface area (Å²) in [7, 11) is 3.32. The van der Waals surface area contributed by atoms with Gasteiger partial charge in [-0.3, -0.25) is 4.90 Å². The predicted molar refractivity (Wildman–Crippen MR) is 113 cm³/mol. The minimum absolute atomic E-state index is 0.171. The number of nitrogens with zero attached hydrogens (tertiary/aromatic N) is 4. The van der Waals surface area contributed by atoms with E-state index in [2.05, 4.69) is 19.9 Å². The highest BCUT2D eigenvalue weighted by Gasteiger charge is 2.26. The van der Waals surface area contributed by atoms with Crippen LogP contribution in [0.15, 0.2) is 49.1 Å². The lowest BCUT2D eigenvalue weighted by Crippen LogP contribution is -2.38. The van der Waals surface area contributed by atoms with Crippen molar-refractivity contribution in [2.24, 2.45) is 0 Å². The van der Waals surface area contributed by atoms with Crippen molar-refractivity contribution in [3.05, 3.63) is 60.3 Å². The average molecular weight is 407 g/mol. The molecule has 0 amide bonds. The lowest BCUT2D eigenvalue weighted by Gasteiger charge is -2.33. The van der Waals surface area contributed by atoms with Gasteiger partial charge in [-0.1, -0.05) is 6.07 Å². The third-order valence-electron chi connectivity index (χ3n) is 5.18. The van der Waals surface area contributed by atoms with Gasteiger partial charge in [0.2, 0.25) is 0 Å². The van der Waals surface area contributed by atoms with Gasteiger partial charge < -0.3 is 19.9 Å². The number of hydrogen-bond acceptors (Lipinski definition) is 8. The fraction of sp³-hybridized carbons (Fsp3) is 0.318. The maximum atomic E-state index is 6.09. The molecule has 0 radical (unpaired) electrons. The van der Waals surface area contributed by atoms with Gasteiger partial charge in [-0.2, -0.15) is 0 Å². The number of morpholine rings is 1. The normalized spacial score (nSPS) is 16.9. The standard InChI is InChI=1S/C22H25N5O3/c1-28-17-4-3-16(19(10-17)29-2)12-27-7-8-30-20(13-27)22-18(11-24-14-26-22)15-5-6-25-21(23)9-15/h3-6,9-11,14,20H,7-8,12-13H2,1-2H3,(H2,23,25)/t20-/m1/s1. The van der Waals surface area contributed by atoms with Gasteiger partial charge in [0.1, 0.15) is 29.7 Å². The molecule has 1 aromatic carbocycles. The minimum atomic E-state index is -0.171. The van der Waals surface area contributed by atoms with Gasteiger partial charge >= 0.3 is 0 Å². The fourth-order valence-corrected chi connectivity index (χ4v) is 3.67. The first-order chi connectivity index (χ1) is 14.7. The number of methoxy groups -OCH3 is 2. The summed E-state index contributed by atoms with van der Waals surface area (Å²) in [5.74, 6) is 2.05. The Hall–Kier alpha value is -3.23. The van der Waals surface area contributed by atoms with Crippen LogP contribution in [0.3, 0.4) is 0 Å². The zero-order chi connectivity index (χ0) is 20.9. The van der Waals surface area contributed by atoms with Crippen LogP contribution in [0.5, 0.6) is 11.5 Å². The second-order valence-electron chi connectivity index (χ2n) is 7.06. The Morgan fingerprint density at radius 2 is 2.07 bits per heavy atom. The number of nitrogens with two attached hydrogens (primary N) is 1. The van der Waals surface area contributed by atoms with Gasteiger partial charge in [-0.05, 0) is 23.8 Å². The summed E-state index contributed by atoms with van der Waals surface area (Å²) in [5, 5.41) is 0. The highest BCUT2D eigenvalue weighted by Crippen LogP contribution is 2.32. The second kappa shape index (κ2) is 9.06. The SMILES string of the molecule is COc1ccc(CN2CCO[C@@H](c3ncncc3-c3ccnc(N)c3)C2)c(OC)c1. The number of hydrogen-bond donors (Lipinski definition) is 1. The topological polar surface area (TPSA) is 95.6 Å². The number of ether oxygens (including phenoxy) is 3. The quantitative estimate of drug-likeness (QED) is 0.666. The molecule has 3 aromatic rings. The maximum absolute atomic E-state index is 6.09. The van der Waals surface area contributed by atoms with E-state index in [1.165, 1.54) is 0 Å². The zero-order valence-corrected chi connectivity index (χ0v) is 17.1. The third-order valence-corrected chi connectivity index (χ3v) is 5.18. The summed E-state index contributed by atoms with van der Waals surface area (Å²) in [6.45, 7) is 2.90. The van der Waals surface area contributed by atoms with Crippen molar-refractivity contribution in [3.8, 4) is 22.6 Å². The van der Waals surface area contributed by atoms with Crippen LogP contribution in [-0.2, 0) is 11.3 Å². The molecule has 1 fully saturated rings. The molecule has 1 atom stereocenters. The van der Waals surface area contributed by atoms with E-state index >= 15 is 0 Å². The van der Waals surface area contributed by atoms with Crippen LogP contribution in [0.25, 0.3) is 11.1 Å². The van der Waals surface area contributed by atoms with E-state index in [4.69, 9.17) is 19.9 Å². The number of pyridine rings is 1. The Balaban J connectivity index is 1.56. The van der Waals surface area contributed by atoms with E-state index in [1.807, 2.05) is 30.3 Å². The highest BCUT2D eigenvalue weighted by atomic mass is 16.5. The first kappa shape index (κ1) is 20.1. The first-order valence-electron chi connectivity index (χ1n) is 9.74. The van der Waals surface area contributed by atoms with Crippen LogP contribution in [0, 0.1) is 0 Å². The van der Waals surface area contributed by atoms with Crippen molar-refractivity contribution in [2.75, 3.05) is 39.6 Å². The largest absolute Gasteiger partial charge is 0.497 e. The maximum Gasteiger partial charge on any atom is 0.127 e. The molecule has 8 nitrogen and oxygen atoms in total. The van der Waals surface area contributed by atoms with E-state index < -0.39 is 0 Å². The molecule has 3 heterocycles. The number of aromatic nitrogens is 3. The van der Waals surface area contributed by atoms with Gasteiger partial charge in [-0.25, -0.2) is 15.0 Å². The van der Waals surface area contributed by atoms with Gasteiger partial charge in [0.15, 0.2) is 0 Å². The molecule has 0 bridgehead atoms. The summed E-state index contributed by atoms with van der Waals surface area (Å²) in [6, 6.07) is 9.63. The molecule has 0 unspecified atom stereocenters. The summed E-state index contributed by atoms with van der Waals surface area (Å²) < 4.78 is 16.9. The summed E-state index contributed by atoms with van der Waals surface area (Å²) in [5.41, 5.74) is 9.65. The predicted octanol–water partition coefficient (Wildman–Crippen LogP) is 2.71. The van der Waals surface area contributed by atoms with E-state index in [0.717, 1.165) is 47.0 Å². The summed E-state index contributed by atoms with van der Waals surface area (Å²) in [6.07, 6.45) is 4.87. The Labute approximate surface area is 175 Å². The summed E-state index contributed by atoms with van der Waals surface area (Å²) in [4.78, 5) is 15.2. The number of anilines is 1. The second-order valence-corrected chi connectivity index (χ2v) is 7.06. The Morgan fingerprint density at radius 3 is 2.87 bits per heavy atom. The van der Waals surface area contributed by atoms with Crippen molar-refractivity contribution in [3.63, 3.8) is 0 Å². The molecular weight excluding hydrogens is 382 g/mol. The third kappa shape index (κ3) is 4.34. The molecule has 156 valence electrons. The lowest BCUT2D eigenvalue weighted by atomic mass is 10.0. The van der Waals surface area contributed by atoms with E-state index in [0.29, 0.717) is 19.0 Å². The highest BCUT2D eigenvalue weighted by molar-refractivity contribution is 5.67. The first-order valence-corrected chi connectivity index (χ1v) is 9.74. The van der Waals surface area contributed by atoms with Crippen LogP contribution in [0.2, 0.25) is 0 Å². The monoisotopic (exact) mass is 407 g/mol. The van der Waals surface area contributed by atoms with Crippen LogP contribution in [0.4, 0.5) is 5.82 Å². The molecule has 30 heavy (non-hydrogen) atoms. The van der Waals surface area contributed by atoms with E-state index in [1.54, 1.807) is 32.9 Å². The van der Waals surface area contributed by atoms with Crippen LogP contribution < -0.4 is 15.2 Å². The Morgan fingerprint density at radius 1 is 1.17 bits per heavy atom. The number of benzene rings is 1. The molecular formula is C22H25N5O3. The smallest absolute Gasteiger partial charge is 0.127 e. The minimum Gasteiger partial charge on any atom is -0.497 e. The molecule has 2 aromatic heterocycles. The van der Waals surface area contributed by atoms with Crippen molar-refractivity contribution in [1.82, 2.24) is 19.9 Å². The summed E-state index contributed by atoms with van der Waals surface area (Å²) >= 11 is 0. The van der Waals surface area contributed by atoms with Crippen LogP contribution in [0.1, 0.15) is 17.4 Å². The van der Waals surface area contributed by atoms with Gasteiger partial charge in [-0.15, -0.1) is 0 Å². The number of rotatable bonds is 6. The molecule has 8 heteroatoms. The van der Waals surface area contributed by atoms with Crippen molar-refractivity contribution < 1.29 is 14.2 Å². The van der Waals surface area contributed by atoms with Crippen molar-refractivity contribution in [2.45, 2.75) is 12.6 Å². The van der Waals surface area contributed by atoms with Gasteiger partial charge in [0.05, 0.1) is 26.5 Å². The number of nitrogen functional groups attached to an aromatic ring is 1. The molecule has 1 aliphatic rings. The average Bonchev–Trinajstić information content (AvgIpc) is 2.79. The van der Waals surface area contributed by atoms with Gasteiger partial charge in [0.25, 0.3) is 0 Å². The van der Waals surface area contributed by atoms with E-state index in [9.17, 15) is 0 Å². The Bertz CT molecular complexity index is 1010. The lowest BCUT2D eigenvalue weighted by molar-refractivity contribution is -0.0349. The zero-order valence-electron chi connectivity index (χ0n) is 17.1. The Kier molecular flexibility index (Phi) is 6.06. The van der Waals surface area contributed by atoms with Crippen LogP contribution >= 0.6 is 0 Å². The molecule has 0 saturated carbocycles. The molecule has 4 rings (SSSR count). The molecule has 2 N–H and O–H groups in total. The van der Waals surface area contributed by atoms with E-state index in [-0.39, 0.29) is 6.10 Å². The fourth-order valence-electron chi connectivity index (χ4n) is 3.67. The van der Waals surface area contributed by atoms with Crippen LogP contribution in [-0.4, -0.2) is 53.8 Å². The van der Waals surface area contributed by atoms with Crippen molar-refractivity contribution >= 4 is 5.82 Å². The molecule has 0 aliphatic carbocycles.